The number of amides is 3. The Hall–Kier alpha value is -3.08. The zero-order valence-corrected chi connectivity index (χ0v) is 11.7. The minimum Gasteiger partial charge on any atom is -0.489 e. The lowest BCUT2D eigenvalue weighted by molar-refractivity contribution is -0.115. The van der Waals surface area contributed by atoms with Crippen molar-refractivity contribution in [1.29, 1.82) is 0 Å². The summed E-state index contributed by atoms with van der Waals surface area (Å²) >= 11 is 0. The minimum absolute atomic E-state index is 0.239. The molecule has 22 heavy (non-hydrogen) atoms. The van der Waals surface area contributed by atoms with Gasteiger partial charge in [-0.3, -0.25) is 10.1 Å². The molecule has 1 fully saturated rings. The molecule has 0 aromatic heterocycles. The molecular weight excluding hydrogens is 280 g/mol. The molecule has 2 N–H and O–H groups in total. The lowest BCUT2D eigenvalue weighted by atomic mass is 10.2. The first-order chi connectivity index (χ1) is 10.7. The van der Waals surface area contributed by atoms with Crippen molar-refractivity contribution in [3.05, 3.63) is 71.4 Å². The lowest BCUT2D eigenvalue weighted by Gasteiger charge is -2.06. The summed E-state index contributed by atoms with van der Waals surface area (Å²) in [5.41, 5.74) is 2.14. The normalized spacial score (nSPS) is 15.5. The highest BCUT2D eigenvalue weighted by atomic mass is 16.5. The van der Waals surface area contributed by atoms with Crippen molar-refractivity contribution in [2.45, 2.75) is 6.61 Å². The van der Waals surface area contributed by atoms with Gasteiger partial charge in [0.2, 0.25) is 0 Å². The minimum atomic E-state index is -0.501. The van der Waals surface area contributed by atoms with Crippen LogP contribution in [0.15, 0.2) is 60.3 Å². The number of hydrogen-bond acceptors (Lipinski definition) is 3. The fraction of sp³-hybridized carbons (Fsp3) is 0.0588. The van der Waals surface area contributed by atoms with Gasteiger partial charge >= 0.3 is 6.03 Å². The molecule has 110 valence electrons. The first kappa shape index (κ1) is 13.9. The van der Waals surface area contributed by atoms with E-state index in [0.29, 0.717) is 6.61 Å². The smallest absolute Gasteiger partial charge is 0.326 e. The van der Waals surface area contributed by atoms with Crippen molar-refractivity contribution in [1.82, 2.24) is 10.6 Å². The molecule has 0 unspecified atom stereocenters. The van der Waals surface area contributed by atoms with E-state index in [1.807, 2.05) is 54.6 Å². The van der Waals surface area contributed by atoms with Crippen LogP contribution in [-0.4, -0.2) is 11.9 Å². The number of nitrogens with one attached hydrogen (secondary N) is 2. The molecule has 0 saturated carbocycles. The van der Waals surface area contributed by atoms with Crippen molar-refractivity contribution in [3.63, 3.8) is 0 Å². The Morgan fingerprint density at radius 2 is 1.64 bits per heavy atom. The molecule has 1 aliphatic rings. The van der Waals surface area contributed by atoms with Crippen LogP contribution in [0.4, 0.5) is 4.79 Å². The van der Waals surface area contributed by atoms with Crippen LogP contribution in [0.25, 0.3) is 6.08 Å². The summed E-state index contributed by atoms with van der Waals surface area (Å²) in [6.07, 6.45) is 1.61. The third-order valence-corrected chi connectivity index (χ3v) is 3.16. The predicted molar refractivity (Wildman–Crippen MR) is 81.9 cm³/mol. The largest absolute Gasteiger partial charge is 0.489 e. The Balaban J connectivity index is 1.64. The van der Waals surface area contributed by atoms with E-state index in [9.17, 15) is 9.59 Å². The Morgan fingerprint density at radius 3 is 2.27 bits per heavy atom. The Bertz CT molecular complexity index is 721. The van der Waals surface area contributed by atoms with Crippen LogP contribution in [0, 0.1) is 0 Å². The fourth-order valence-electron chi connectivity index (χ4n) is 2.05. The van der Waals surface area contributed by atoms with Gasteiger partial charge in [-0.1, -0.05) is 42.5 Å². The molecule has 0 radical (unpaired) electrons. The van der Waals surface area contributed by atoms with Crippen LogP contribution in [0.5, 0.6) is 5.75 Å². The molecule has 0 bridgehead atoms. The van der Waals surface area contributed by atoms with Gasteiger partial charge in [0.1, 0.15) is 18.1 Å². The number of imide groups is 1. The standard InChI is InChI=1S/C17H14N2O3/c20-16-15(18-17(21)19-16)10-12-6-8-14(9-7-12)22-11-13-4-2-1-3-5-13/h1-10H,11H2,(H2,18,19,20,21)/b15-10-. The van der Waals surface area contributed by atoms with Gasteiger partial charge in [-0.05, 0) is 29.3 Å². The molecule has 3 amide bonds. The molecule has 0 aliphatic carbocycles. The number of rotatable bonds is 4. The van der Waals surface area contributed by atoms with Crippen molar-refractivity contribution in [2.75, 3.05) is 0 Å². The molecule has 3 rings (SSSR count). The Kier molecular flexibility index (Phi) is 3.87. The second-order valence-electron chi connectivity index (χ2n) is 4.81. The molecule has 1 aliphatic heterocycles. The number of carbonyl (C=O) groups excluding carboxylic acids is 2. The summed E-state index contributed by atoms with van der Waals surface area (Å²) in [6, 6.07) is 16.7. The number of hydrogen-bond donors (Lipinski definition) is 2. The van der Waals surface area contributed by atoms with E-state index >= 15 is 0 Å². The van der Waals surface area contributed by atoms with E-state index in [1.165, 1.54) is 0 Å². The molecular formula is C17H14N2O3. The number of ether oxygens (including phenoxy) is 1. The highest BCUT2D eigenvalue weighted by Gasteiger charge is 2.22. The maximum Gasteiger partial charge on any atom is 0.326 e. The zero-order chi connectivity index (χ0) is 15.4. The van der Waals surface area contributed by atoms with E-state index in [2.05, 4.69) is 10.6 Å². The van der Waals surface area contributed by atoms with E-state index < -0.39 is 11.9 Å². The summed E-state index contributed by atoms with van der Waals surface area (Å²) in [4.78, 5) is 22.5. The number of carbonyl (C=O) groups is 2. The SMILES string of the molecule is O=C1NC(=O)/C(=C/c2ccc(OCc3ccccc3)cc2)N1. The lowest BCUT2D eigenvalue weighted by Crippen LogP contribution is -2.22. The molecule has 0 atom stereocenters. The molecule has 5 nitrogen and oxygen atoms in total. The van der Waals surface area contributed by atoms with Crippen LogP contribution in [0.2, 0.25) is 0 Å². The molecule has 1 heterocycles. The van der Waals surface area contributed by atoms with Gasteiger partial charge in [0.25, 0.3) is 5.91 Å². The average molecular weight is 294 g/mol. The summed E-state index contributed by atoms with van der Waals surface area (Å²) in [5, 5.41) is 4.60. The molecule has 1 saturated heterocycles. The third-order valence-electron chi connectivity index (χ3n) is 3.16. The van der Waals surface area contributed by atoms with Crippen molar-refractivity contribution >= 4 is 18.0 Å². The van der Waals surface area contributed by atoms with Gasteiger partial charge in [0, 0.05) is 0 Å². The third kappa shape index (κ3) is 3.32. The van der Waals surface area contributed by atoms with E-state index in [1.54, 1.807) is 6.08 Å². The summed E-state index contributed by atoms with van der Waals surface area (Å²) in [7, 11) is 0. The first-order valence-corrected chi connectivity index (χ1v) is 6.81. The Labute approximate surface area is 127 Å². The van der Waals surface area contributed by atoms with Crippen molar-refractivity contribution in [3.8, 4) is 5.75 Å². The van der Waals surface area contributed by atoms with Crippen LogP contribution >= 0.6 is 0 Å². The maximum atomic E-state index is 11.4. The monoisotopic (exact) mass is 294 g/mol. The van der Waals surface area contributed by atoms with Crippen LogP contribution in [-0.2, 0) is 11.4 Å². The average Bonchev–Trinajstić information content (AvgIpc) is 2.85. The van der Waals surface area contributed by atoms with Crippen molar-refractivity contribution in [2.24, 2.45) is 0 Å². The highest BCUT2D eigenvalue weighted by molar-refractivity contribution is 6.13. The van der Waals surface area contributed by atoms with E-state index in [-0.39, 0.29) is 5.70 Å². The summed E-state index contributed by atoms with van der Waals surface area (Å²) in [5.74, 6) is 0.320. The topological polar surface area (TPSA) is 67.4 Å². The number of urea groups is 1. The zero-order valence-electron chi connectivity index (χ0n) is 11.7. The summed E-state index contributed by atoms with van der Waals surface area (Å²) < 4.78 is 5.69. The Morgan fingerprint density at radius 1 is 0.909 bits per heavy atom. The van der Waals surface area contributed by atoms with E-state index in [0.717, 1.165) is 16.9 Å². The van der Waals surface area contributed by atoms with Crippen LogP contribution in [0.1, 0.15) is 11.1 Å². The van der Waals surface area contributed by atoms with Gasteiger partial charge in [-0.2, -0.15) is 0 Å². The molecule has 2 aromatic rings. The van der Waals surface area contributed by atoms with Gasteiger partial charge < -0.3 is 10.1 Å². The molecule has 0 spiro atoms. The fourth-order valence-corrected chi connectivity index (χ4v) is 2.05. The van der Waals surface area contributed by atoms with E-state index in [4.69, 9.17) is 4.74 Å². The van der Waals surface area contributed by atoms with Crippen LogP contribution in [0.3, 0.4) is 0 Å². The quantitative estimate of drug-likeness (QED) is 0.672. The second kappa shape index (κ2) is 6.13. The predicted octanol–water partition coefficient (Wildman–Crippen LogP) is 2.45. The van der Waals surface area contributed by atoms with Gasteiger partial charge in [0.15, 0.2) is 0 Å². The van der Waals surface area contributed by atoms with Crippen molar-refractivity contribution < 1.29 is 14.3 Å². The summed E-state index contributed by atoms with van der Waals surface area (Å²) in [6.45, 7) is 0.500. The molecule has 2 aromatic carbocycles. The maximum absolute atomic E-state index is 11.4. The van der Waals surface area contributed by atoms with Crippen LogP contribution < -0.4 is 15.4 Å². The number of benzene rings is 2. The van der Waals surface area contributed by atoms with Gasteiger partial charge in [-0.25, -0.2) is 4.79 Å². The second-order valence-corrected chi connectivity index (χ2v) is 4.81. The first-order valence-electron chi connectivity index (χ1n) is 6.81. The highest BCUT2D eigenvalue weighted by Crippen LogP contribution is 2.16. The molecule has 5 heteroatoms. The van der Waals surface area contributed by atoms with Gasteiger partial charge in [0.05, 0.1) is 0 Å². The van der Waals surface area contributed by atoms with Gasteiger partial charge in [-0.15, -0.1) is 0 Å².